The Kier molecular flexibility index (Phi) is 5.36. The number of carboxylic acids is 1. The maximum atomic E-state index is 11.2. The van der Waals surface area contributed by atoms with E-state index in [1.54, 1.807) is 7.11 Å². The molecule has 0 aliphatic carbocycles. The molecule has 0 unspecified atom stereocenters. The molecule has 0 aromatic heterocycles. The van der Waals surface area contributed by atoms with Crippen molar-refractivity contribution in [3.8, 4) is 5.75 Å². The molecule has 0 aliphatic heterocycles. The van der Waals surface area contributed by atoms with Crippen LogP contribution in [0.15, 0.2) is 18.2 Å². The Balaban J connectivity index is 2.76. The molecule has 1 rings (SSSR count). The first-order chi connectivity index (χ1) is 8.99. The van der Waals surface area contributed by atoms with Crippen molar-refractivity contribution in [3.63, 3.8) is 0 Å². The third-order valence-electron chi connectivity index (χ3n) is 3.00. The smallest absolute Gasteiger partial charge is 0.394 e. The van der Waals surface area contributed by atoms with E-state index in [-0.39, 0.29) is 0 Å². The van der Waals surface area contributed by atoms with Crippen LogP contribution in [0.1, 0.15) is 18.1 Å². The Morgan fingerprint density at radius 1 is 1.37 bits per heavy atom. The van der Waals surface area contributed by atoms with Crippen molar-refractivity contribution in [1.29, 1.82) is 0 Å². The topological polar surface area (TPSA) is 66.8 Å². The van der Waals surface area contributed by atoms with Crippen molar-refractivity contribution in [2.75, 3.05) is 20.7 Å². The number of methoxy groups -OCH3 is 1. The lowest BCUT2D eigenvalue weighted by Gasteiger charge is -2.16. The quantitative estimate of drug-likeness (QED) is 0.816. The van der Waals surface area contributed by atoms with Gasteiger partial charge in [0.1, 0.15) is 5.75 Å². The van der Waals surface area contributed by atoms with Crippen LogP contribution in [-0.4, -0.2) is 42.6 Å². The molecule has 19 heavy (non-hydrogen) atoms. The molecule has 0 bridgehead atoms. The number of likely N-dealkylation sites (N-methyl/N-ethyl adjacent to an activating group) is 1. The van der Waals surface area contributed by atoms with E-state index in [1.165, 1.54) is 17.5 Å². The summed E-state index contributed by atoms with van der Waals surface area (Å²) in [6.45, 7) is 2.40. The number of hydrogen-bond acceptors (Lipinski definition) is 3. The third-order valence-corrected chi connectivity index (χ3v) is 3.00. The molecule has 1 N–H and O–H groups in total. The predicted octanol–water partition coefficient (Wildman–Crippen LogP) is 1.34. The van der Waals surface area contributed by atoms with Crippen molar-refractivity contribution in [2.24, 2.45) is 0 Å². The second-order valence-electron chi connectivity index (χ2n) is 4.28. The van der Waals surface area contributed by atoms with E-state index < -0.39 is 11.9 Å². The van der Waals surface area contributed by atoms with Gasteiger partial charge in [-0.3, -0.25) is 4.79 Å². The van der Waals surface area contributed by atoms with Crippen LogP contribution in [-0.2, 0) is 22.4 Å². The molecule has 0 heterocycles. The SMILES string of the molecule is CCc1ccc(OC)c(CCN(C)C(=O)C(=O)O)c1. The molecule has 1 amide bonds. The molecular weight excluding hydrogens is 246 g/mol. The zero-order valence-electron chi connectivity index (χ0n) is 11.5. The van der Waals surface area contributed by atoms with Crippen LogP contribution >= 0.6 is 0 Å². The highest BCUT2D eigenvalue weighted by molar-refractivity contribution is 6.31. The van der Waals surface area contributed by atoms with E-state index in [0.717, 1.165) is 17.7 Å². The number of carbonyl (C=O) groups excluding carboxylic acids is 1. The molecule has 0 fully saturated rings. The number of carboxylic acid groups (broad SMARTS) is 1. The molecule has 0 atom stereocenters. The van der Waals surface area contributed by atoms with E-state index in [1.807, 2.05) is 18.2 Å². The van der Waals surface area contributed by atoms with E-state index in [4.69, 9.17) is 9.84 Å². The number of rotatable bonds is 5. The predicted molar refractivity (Wildman–Crippen MR) is 71.3 cm³/mol. The van der Waals surface area contributed by atoms with Gasteiger partial charge in [-0.1, -0.05) is 19.1 Å². The van der Waals surface area contributed by atoms with Gasteiger partial charge >= 0.3 is 11.9 Å². The lowest BCUT2D eigenvalue weighted by Crippen LogP contribution is -2.34. The summed E-state index contributed by atoms with van der Waals surface area (Å²) in [5, 5.41) is 8.62. The fourth-order valence-electron chi connectivity index (χ4n) is 1.80. The Morgan fingerprint density at radius 2 is 2.05 bits per heavy atom. The van der Waals surface area contributed by atoms with Crippen LogP contribution in [0.5, 0.6) is 5.75 Å². The Hall–Kier alpha value is -2.04. The van der Waals surface area contributed by atoms with Gasteiger partial charge in [-0.2, -0.15) is 0 Å². The van der Waals surface area contributed by atoms with Crippen molar-refractivity contribution >= 4 is 11.9 Å². The number of amides is 1. The summed E-state index contributed by atoms with van der Waals surface area (Å²) >= 11 is 0. The number of ether oxygens (including phenoxy) is 1. The average molecular weight is 265 g/mol. The Labute approximate surface area is 112 Å². The van der Waals surface area contributed by atoms with E-state index in [2.05, 4.69) is 6.92 Å². The number of benzene rings is 1. The summed E-state index contributed by atoms with van der Waals surface area (Å²) in [5.74, 6) is -1.57. The zero-order chi connectivity index (χ0) is 14.4. The van der Waals surface area contributed by atoms with Gasteiger partial charge in [0.25, 0.3) is 0 Å². The van der Waals surface area contributed by atoms with Crippen molar-refractivity contribution < 1.29 is 19.4 Å². The van der Waals surface area contributed by atoms with Gasteiger partial charge < -0.3 is 14.7 Å². The van der Waals surface area contributed by atoms with Crippen LogP contribution in [0, 0.1) is 0 Å². The molecule has 0 aliphatic rings. The summed E-state index contributed by atoms with van der Waals surface area (Å²) in [6, 6.07) is 5.92. The van der Waals surface area contributed by atoms with Gasteiger partial charge in [0.15, 0.2) is 0 Å². The minimum Gasteiger partial charge on any atom is -0.496 e. The Bertz CT molecular complexity index is 471. The van der Waals surface area contributed by atoms with Crippen LogP contribution in [0.3, 0.4) is 0 Å². The summed E-state index contributed by atoms with van der Waals surface area (Å²) in [7, 11) is 3.07. The molecule has 0 saturated carbocycles. The van der Waals surface area contributed by atoms with Crippen LogP contribution in [0.25, 0.3) is 0 Å². The molecule has 1 aromatic rings. The van der Waals surface area contributed by atoms with Gasteiger partial charge in [-0.25, -0.2) is 4.79 Å². The minimum absolute atomic E-state index is 0.342. The van der Waals surface area contributed by atoms with Crippen LogP contribution in [0.2, 0.25) is 0 Å². The van der Waals surface area contributed by atoms with Crippen LogP contribution < -0.4 is 4.74 Å². The summed E-state index contributed by atoms with van der Waals surface area (Å²) < 4.78 is 5.27. The maximum Gasteiger partial charge on any atom is 0.394 e. The van der Waals surface area contributed by atoms with Gasteiger partial charge in [0.2, 0.25) is 0 Å². The highest BCUT2D eigenvalue weighted by Crippen LogP contribution is 2.21. The number of hydrogen-bond donors (Lipinski definition) is 1. The molecule has 0 spiro atoms. The van der Waals surface area contributed by atoms with Crippen molar-refractivity contribution in [3.05, 3.63) is 29.3 Å². The Morgan fingerprint density at radius 3 is 2.58 bits per heavy atom. The lowest BCUT2D eigenvalue weighted by atomic mass is 10.0. The average Bonchev–Trinajstić information content (AvgIpc) is 2.43. The highest BCUT2D eigenvalue weighted by atomic mass is 16.5. The molecule has 5 nitrogen and oxygen atoms in total. The van der Waals surface area contributed by atoms with Crippen LogP contribution in [0.4, 0.5) is 0 Å². The summed E-state index contributed by atoms with van der Waals surface area (Å²) in [4.78, 5) is 23.0. The second-order valence-corrected chi connectivity index (χ2v) is 4.28. The fourth-order valence-corrected chi connectivity index (χ4v) is 1.80. The van der Waals surface area contributed by atoms with Gasteiger partial charge in [0.05, 0.1) is 7.11 Å². The fraction of sp³-hybridized carbons (Fsp3) is 0.429. The molecule has 5 heteroatoms. The van der Waals surface area contributed by atoms with Crippen molar-refractivity contribution in [2.45, 2.75) is 19.8 Å². The third kappa shape index (κ3) is 3.98. The van der Waals surface area contributed by atoms with E-state index >= 15 is 0 Å². The molecule has 1 aromatic carbocycles. The maximum absolute atomic E-state index is 11.2. The number of carbonyl (C=O) groups is 2. The summed E-state index contributed by atoms with van der Waals surface area (Å²) in [6.07, 6.45) is 1.48. The summed E-state index contributed by atoms with van der Waals surface area (Å²) in [5.41, 5.74) is 2.16. The molecular formula is C14H19NO4. The van der Waals surface area contributed by atoms with Gasteiger partial charge in [0, 0.05) is 13.6 Å². The van der Waals surface area contributed by atoms with Gasteiger partial charge in [-0.05, 0) is 30.0 Å². The van der Waals surface area contributed by atoms with E-state index in [0.29, 0.717) is 13.0 Å². The molecule has 0 saturated heterocycles. The first-order valence-electron chi connectivity index (χ1n) is 6.13. The van der Waals surface area contributed by atoms with Crippen molar-refractivity contribution in [1.82, 2.24) is 4.90 Å². The standard InChI is InChI=1S/C14H19NO4/c1-4-10-5-6-12(19-3)11(9-10)7-8-15(2)13(16)14(17)18/h5-6,9H,4,7-8H2,1-3H3,(H,17,18). The number of aryl methyl sites for hydroxylation is 1. The number of aliphatic carboxylic acids is 1. The second kappa shape index (κ2) is 6.78. The lowest BCUT2D eigenvalue weighted by molar-refractivity contribution is -0.155. The first-order valence-corrected chi connectivity index (χ1v) is 6.13. The number of nitrogens with zero attached hydrogens (tertiary/aromatic N) is 1. The monoisotopic (exact) mass is 265 g/mol. The largest absolute Gasteiger partial charge is 0.496 e. The highest BCUT2D eigenvalue weighted by Gasteiger charge is 2.17. The van der Waals surface area contributed by atoms with Gasteiger partial charge in [-0.15, -0.1) is 0 Å². The molecule has 104 valence electrons. The normalized spacial score (nSPS) is 10.1. The molecule has 0 radical (unpaired) electrons. The first kappa shape index (κ1) is 15.0. The van der Waals surface area contributed by atoms with E-state index in [9.17, 15) is 9.59 Å². The minimum atomic E-state index is -1.43. The zero-order valence-corrected chi connectivity index (χ0v) is 11.5.